The zero-order valence-corrected chi connectivity index (χ0v) is 22.4. The maximum atomic E-state index is 15.7. The number of rotatable bonds is 3. The van der Waals surface area contributed by atoms with Gasteiger partial charge in [-0.1, -0.05) is 60.7 Å². The van der Waals surface area contributed by atoms with E-state index in [-0.39, 0.29) is 5.82 Å². The summed E-state index contributed by atoms with van der Waals surface area (Å²) in [4.78, 5) is 12.4. The molecule has 0 bridgehead atoms. The second-order valence-corrected chi connectivity index (χ2v) is 10.2. The van der Waals surface area contributed by atoms with Crippen LogP contribution in [0.15, 0.2) is 107 Å². The minimum Gasteiger partial charge on any atom is -0.337 e. The molecule has 4 aromatic carbocycles. The third kappa shape index (κ3) is 3.81. The van der Waals surface area contributed by atoms with E-state index < -0.39 is 6.04 Å². The van der Waals surface area contributed by atoms with Crippen molar-refractivity contribution < 1.29 is 4.39 Å². The summed E-state index contributed by atoms with van der Waals surface area (Å²) in [5, 5.41) is 8.48. The standard InChI is InChI=1S/C33H27FN6/c1-20-17-18-21(2)27(19-20)36-31-33-37-32-29(22(3)38-40(32)23-11-5-4-6-12-23)30(24-13-7-8-14-25(24)34)39(33)28-16-10-9-15-26(28)35-31/h4-19,30H,1-3H3,(H,35,36)/t30-/m0/s1. The molecule has 0 spiro atoms. The van der Waals surface area contributed by atoms with E-state index in [1.165, 1.54) is 6.07 Å². The van der Waals surface area contributed by atoms with Crippen LogP contribution in [0.4, 0.5) is 27.3 Å². The molecule has 0 fully saturated rings. The van der Waals surface area contributed by atoms with E-state index in [0.717, 1.165) is 45.1 Å². The predicted molar refractivity (Wildman–Crippen MR) is 159 cm³/mol. The SMILES string of the molecule is Cc1ccc(C)c(NC2=Nc3ccccc3N3C2=Nc2c(c(C)nn2-c2ccccc2)[C@@H]3c2ccccc2F)c1. The monoisotopic (exact) mass is 526 g/mol. The molecule has 7 heteroatoms. The Kier molecular flexibility index (Phi) is 5.59. The molecule has 0 radical (unpaired) electrons. The highest BCUT2D eigenvalue weighted by Crippen LogP contribution is 2.48. The van der Waals surface area contributed by atoms with Crippen molar-refractivity contribution in [2.45, 2.75) is 26.8 Å². The van der Waals surface area contributed by atoms with Crippen molar-refractivity contribution in [2.24, 2.45) is 9.98 Å². The predicted octanol–water partition coefficient (Wildman–Crippen LogP) is 7.73. The van der Waals surface area contributed by atoms with Crippen LogP contribution >= 0.6 is 0 Å². The molecule has 1 atom stereocenters. The summed E-state index contributed by atoms with van der Waals surface area (Å²) in [6.45, 7) is 6.09. The van der Waals surface area contributed by atoms with E-state index in [1.54, 1.807) is 6.07 Å². The lowest BCUT2D eigenvalue weighted by molar-refractivity contribution is 0.597. The van der Waals surface area contributed by atoms with Crippen LogP contribution in [0.3, 0.4) is 0 Å². The van der Waals surface area contributed by atoms with Gasteiger partial charge in [0.1, 0.15) is 5.82 Å². The average molecular weight is 527 g/mol. The molecule has 196 valence electrons. The normalized spacial score (nSPS) is 15.5. The summed E-state index contributed by atoms with van der Waals surface area (Å²) in [5.74, 6) is 1.59. The summed E-state index contributed by atoms with van der Waals surface area (Å²) >= 11 is 0. The van der Waals surface area contributed by atoms with E-state index in [1.807, 2.05) is 78.3 Å². The Morgan fingerprint density at radius 2 is 1.55 bits per heavy atom. The maximum absolute atomic E-state index is 15.7. The molecular weight excluding hydrogens is 499 g/mol. The highest BCUT2D eigenvalue weighted by molar-refractivity contribution is 6.51. The highest BCUT2D eigenvalue weighted by Gasteiger charge is 2.42. The minimum atomic E-state index is -0.506. The first-order chi connectivity index (χ1) is 19.5. The minimum absolute atomic E-state index is 0.282. The molecule has 1 N–H and O–H groups in total. The molecule has 1 aromatic heterocycles. The first-order valence-corrected chi connectivity index (χ1v) is 13.3. The molecule has 2 aliphatic rings. The molecule has 0 aliphatic carbocycles. The van der Waals surface area contributed by atoms with Crippen LogP contribution in [-0.4, -0.2) is 21.5 Å². The van der Waals surface area contributed by atoms with Crippen LogP contribution in [0.5, 0.6) is 0 Å². The van der Waals surface area contributed by atoms with E-state index in [2.05, 4.69) is 42.3 Å². The van der Waals surface area contributed by atoms with E-state index >= 15 is 4.39 Å². The van der Waals surface area contributed by atoms with Crippen LogP contribution < -0.4 is 10.2 Å². The second-order valence-electron chi connectivity index (χ2n) is 10.2. The first-order valence-electron chi connectivity index (χ1n) is 13.3. The largest absolute Gasteiger partial charge is 0.337 e. The molecule has 40 heavy (non-hydrogen) atoms. The lowest BCUT2D eigenvalue weighted by atomic mass is 9.93. The van der Waals surface area contributed by atoms with Crippen molar-refractivity contribution in [1.82, 2.24) is 9.78 Å². The summed E-state index contributed by atoms with van der Waals surface area (Å²) in [7, 11) is 0. The molecule has 0 unspecified atom stereocenters. The molecule has 6 nitrogen and oxygen atoms in total. The van der Waals surface area contributed by atoms with Crippen molar-refractivity contribution in [2.75, 3.05) is 10.2 Å². The number of hydrogen-bond donors (Lipinski definition) is 1. The number of aromatic nitrogens is 2. The smallest absolute Gasteiger partial charge is 0.179 e. The first kappa shape index (κ1) is 24.0. The third-order valence-corrected chi connectivity index (χ3v) is 7.48. The number of hydrogen-bond acceptors (Lipinski definition) is 5. The van der Waals surface area contributed by atoms with Crippen molar-refractivity contribution in [3.8, 4) is 5.69 Å². The molecule has 0 amide bonds. The second kappa shape index (κ2) is 9.31. The lowest BCUT2D eigenvalue weighted by Gasteiger charge is -2.40. The Morgan fingerprint density at radius 1 is 0.800 bits per heavy atom. The number of benzene rings is 4. The Bertz CT molecular complexity index is 1840. The number of aryl methyl sites for hydroxylation is 3. The van der Waals surface area contributed by atoms with Crippen molar-refractivity contribution in [3.05, 3.63) is 131 Å². The topological polar surface area (TPSA) is 57.8 Å². The fourth-order valence-corrected chi connectivity index (χ4v) is 5.54. The van der Waals surface area contributed by atoms with Gasteiger partial charge in [0, 0.05) is 16.8 Å². The fourth-order valence-electron chi connectivity index (χ4n) is 5.54. The number of nitrogens with one attached hydrogen (secondary N) is 1. The molecule has 3 heterocycles. The summed E-state index contributed by atoms with van der Waals surface area (Å²) in [6.07, 6.45) is 0. The number of halogens is 1. The van der Waals surface area contributed by atoms with Crippen molar-refractivity contribution in [3.63, 3.8) is 0 Å². The van der Waals surface area contributed by atoms with Gasteiger partial charge < -0.3 is 10.2 Å². The molecule has 0 saturated heterocycles. The van der Waals surface area contributed by atoms with Gasteiger partial charge in [0.05, 0.1) is 28.8 Å². The fraction of sp³-hybridized carbons (Fsp3) is 0.121. The van der Waals surface area contributed by atoms with Gasteiger partial charge in [-0.3, -0.25) is 0 Å². The number of anilines is 2. The number of amidine groups is 2. The van der Waals surface area contributed by atoms with Gasteiger partial charge in [-0.2, -0.15) is 5.10 Å². The highest BCUT2D eigenvalue weighted by atomic mass is 19.1. The van der Waals surface area contributed by atoms with Crippen LogP contribution in [0.2, 0.25) is 0 Å². The summed E-state index contributed by atoms with van der Waals surface area (Å²) in [6, 6.07) is 30.6. The van der Waals surface area contributed by atoms with Crippen LogP contribution in [0.1, 0.15) is 34.0 Å². The third-order valence-electron chi connectivity index (χ3n) is 7.48. The zero-order chi connectivity index (χ0) is 27.4. The van der Waals surface area contributed by atoms with E-state index in [4.69, 9.17) is 15.1 Å². The van der Waals surface area contributed by atoms with Crippen LogP contribution in [0.25, 0.3) is 5.69 Å². The quantitative estimate of drug-likeness (QED) is 0.262. The number of fused-ring (bicyclic) bond motifs is 4. The molecular formula is C33H27FN6. The molecule has 0 saturated carbocycles. The molecule has 7 rings (SSSR count). The zero-order valence-electron chi connectivity index (χ0n) is 22.4. The van der Waals surface area contributed by atoms with Crippen molar-refractivity contribution >= 4 is 34.6 Å². The Morgan fingerprint density at radius 3 is 2.38 bits per heavy atom. The summed E-state index contributed by atoms with van der Waals surface area (Å²) in [5.41, 5.74) is 7.90. The van der Waals surface area contributed by atoms with Gasteiger partial charge in [-0.05, 0) is 68.3 Å². The molecule has 5 aromatic rings. The average Bonchev–Trinajstić information content (AvgIpc) is 3.31. The van der Waals surface area contributed by atoms with Gasteiger partial charge in [0.15, 0.2) is 17.5 Å². The van der Waals surface area contributed by atoms with Crippen LogP contribution in [-0.2, 0) is 0 Å². The van der Waals surface area contributed by atoms with Crippen LogP contribution in [0, 0.1) is 26.6 Å². The van der Waals surface area contributed by atoms with E-state index in [0.29, 0.717) is 23.1 Å². The Hall–Kier alpha value is -5.04. The van der Waals surface area contributed by atoms with Crippen molar-refractivity contribution in [1.29, 1.82) is 0 Å². The number of para-hydroxylation sites is 3. The number of nitrogens with zero attached hydrogens (tertiary/aromatic N) is 5. The van der Waals surface area contributed by atoms with Gasteiger partial charge in [0.2, 0.25) is 0 Å². The van der Waals surface area contributed by atoms with Gasteiger partial charge in [0.25, 0.3) is 0 Å². The maximum Gasteiger partial charge on any atom is 0.179 e. The lowest BCUT2D eigenvalue weighted by Crippen LogP contribution is -2.46. The Balaban J connectivity index is 1.52. The number of aliphatic imine (C=N–C) groups is 2. The molecule has 2 aliphatic heterocycles. The Labute approximate surface area is 232 Å². The van der Waals surface area contributed by atoms with Gasteiger partial charge in [-0.25, -0.2) is 19.1 Å². The van der Waals surface area contributed by atoms with Gasteiger partial charge in [-0.15, -0.1) is 0 Å². The summed E-state index contributed by atoms with van der Waals surface area (Å²) < 4.78 is 17.5. The van der Waals surface area contributed by atoms with Gasteiger partial charge >= 0.3 is 0 Å². The van der Waals surface area contributed by atoms with E-state index in [9.17, 15) is 0 Å².